The molecule has 3 aromatic carbocycles. The molecule has 1 unspecified atom stereocenters. The maximum absolute atomic E-state index is 13.8. The molecule has 0 fully saturated rings. The number of rotatable bonds is 9. The van der Waals surface area contributed by atoms with Crippen molar-refractivity contribution in [3.05, 3.63) is 104 Å². The normalized spacial score (nSPS) is 14.8. The zero-order valence-electron chi connectivity index (χ0n) is 21.7. The summed E-state index contributed by atoms with van der Waals surface area (Å²) in [5.41, 5.74) is 2.40. The van der Waals surface area contributed by atoms with Crippen LogP contribution in [0.4, 0.5) is 0 Å². The fourth-order valence-electron chi connectivity index (χ4n) is 4.84. The molecule has 1 aliphatic heterocycles. The largest absolute Gasteiger partial charge is 0.493 e. The van der Waals surface area contributed by atoms with Crippen molar-refractivity contribution >= 4 is 32.8 Å². The molecule has 1 aromatic heterocycles. The first-order chi connectivity index (χ1) is 18.4. The lowest BCUT2D eigenvalue weighted by atomic mass is 9.97. The van der Waals surface area contributed by atoms with Crippen molar-refractivity contribution in [1.82, 2.24) is 4.90 Å². The third-order valence-electron chi connectivity index (χ3n) is 6.87. The Morgan fingerprint density at radius 2 is 1.79 bits per heavy atom. The van der Waals surface area contributed by atoms with Crippen LogP contribution in [0, 0.1) is 5.92 Å². The van der Waals surface area contributed by atoms with Gasteiger partial charge in [0.1, 0.15) is 5.58 Å². The monoisotopic (exact) mass is 575 g/mol. The second-order valence-corrected chi connectivity index (χ2v) is 10.8. The molecule has 196 valence electrons. The van der Waals surface area contributed by atoms with Crippen LogP contribution in [0.1, 0.15) is 53.6 Å². The Kier molecular flexibility index (Phi) is 7.56. The van der Waals surface area contributed by atoms with Crippen molar-refractivity contribution in [2.45, 2.75) is 32.7 Å². The molecule has 0 N–H and O–H groups in total. The number of carbonyl (C=O) groups is 1. The minimum Gasteiger partial charge on any atom is -0.493 e. The summed E-state index contributed by atoms with van der Waals surface area (Å²) in [6.45, 7) is 5.30. The van der Waals surface area contributed by atoms with Crippen molar-refractivity contribution in [3.8, 4) is 11.5 Å². The van der Waals surface area contributed by atoms with E-state index in [0.717, 1.165) is 22.0 Å². The Balaban J connectivity index is 1.59. The van der Waals surface area contributed by atoms with Crippen molar-refractivity contribution < 1.29 is 18.7 Å². The molecule has 0 aliphatic carbocycles. The molecular formula is C31H30BrNO5. The van der Waals surface area contributed by atoms with E-state index in [1.54, 1.807) is 30.2 Å². The quantitative estimate of drug-likeness (QED) is 0.220. The first kappa shape index (κ1) is 26.0. The minimum atomic E-state index is -0.612. The molecule has 7 heteroatoms. The van der Waals surface area contributed by atoms with Crippen molar-refractivity contribution in [3.63, 3.8) is 0 Å². The number of methoxy groups -OCH3 is 1. The fraction of sp³-hybridized carbons (Fsp3) is 0.290. The third-order valence-corrected chi connectivity index (χ3v) is 7.36. The topological polar surface area (TPSA) is 69.0 Å². The maximum atomic E-state index is 13.8. The summed E-state index contributed by atoms with van der Waals surface area (Å²) < 4.78 is 18.5. The summed E-state index contributed by atoms with van der Waals surface area (Å²) in [6.07, 6.45) is 1.57. The zero-order valence-corrected chi connectivity index (χ0v) is 23.3. The summed E-state index contributed by atoms with van der Waals surface area (Å²) in [5, 5.41) is 0.432. The van der Waals surface area contributed by atoms with Crippen molar-refractivity contribution in [2.24, 2.45) is 5.92 Å². The van der Waals surface area contributed by atoms with Crippen LogP contribution in [0.2, 0.25) is 0 Å². The number of hydrogen-bond acceptors (Lipinski definition) is 5. The van der Waals surface area contributed by atoms with Gasteiger partial charge in [0.2, 0.25) is 5.76 Å². The van der Waals surface area contributed by atoms with Gasteiger partial charge in [0.05, 0.1) is 30.7 Å². The Labute approximate surface area is 230 Å². The summed E-state index contributed by atoms with van der Waals surface area (Å²) in [7, 11) is 1.59. The van der Waals surface area contributed by atoms with Gasteiger partial charge in [-0.3, -0.25) is 9.59 Å². The average molecular weight is 576 g/mol. The van der Waals surface area contributed by atoms with Crippen LogP contribution < -0.4 is 14.9 Å². The van der Waals surface area contributed by atoms with Crippen LogP contribution in [0.5, 0.6) is 11.5 Å². The Morgan fingerprint density at radius 1 is 1.00 bits per heavy atom. The van der Waals surface area contributed by atoms with Gasteiger partial charge in [-0.05, 0) is 60.2 Å². The fourth-order valence-corrected chi connectivity index (χ4v) is 5.20. The van der Waals surface area contributed by atoms with Crippen molar-refractivity contribution in [2.75, 3.05) is 20.3 Å². The Morgan fingerprint density at radius 3 is 2.53 bits per heavy atom. The van der Waals surface area contributed by atoms with Gasteiger partial charge in [0, 0.05) is 11.0 Å². The van der Waals surface area contributed by atoms with E-state index in [1.807, 2.05) is 48.5 Å². The molecule has 38 heavy (non-hydrogen) atoms. The van der Waals surface area contributed by atoms with E-state index in [-0.39, 0.29) is 17.1 Å². The van der Waals surface area contributed by atoms with Gasteiger partial charge in [0.25, 0.3) is 5.91 Å². The molecule has 6 nitrogen and oxygen atoms in total. The van der Waals surface area contributed by atoms with Gasteiger partial charge in [0.15, 0.2) is 16.9 Å². The number of fused-ring (bicyclic) bond motifs is 2. The maximum Gasteiger partial charge on any atom is 0.290 e. The molecule has 2 heterocycles. The lowest BCUT2D eigenvalue weighted by Crippen LogP contribution is -2.31. The Bertz CT molecular complexity index is 1530. The number of ether oxygens (including phenoxy) is 2. The Hall–Kier alpha value is -3.58. The van der Waals surface area contributed by atoms with E-state index in [0.29, 0.717) is 53.5 Å². The average Bonchev–Trinajstić information content (AvgIpc) is 3.20. The predicted molar refractivity (Wildman–Crippen MR) is 151 cm³/mol. The lowest BCUT2D eigenvalue weighted by molar-refractivity contribution is 0.0730. The highest BCUT2D eigenvalue weighted by molar-refractivity contribution is 9.10. The summed E-state index contributed by atoms with van der Waals surface area (Å²) in [5.74, 6) is 1.52. The first-order valence-electron chi connectivity index (χ1n) is 12.8. The molecule has 0 bridgehead atoms. The summed E-state index contributed by atoms with van der Waals surface area (Å²) in [6, 6.07) is 20.2. The smallest absolute Gasteiger partial charge is 0.290 e. The van der Waals surface area contributed by atoms with Crippen LogP contribution >= 0.6 is 15.9 Å². The third kappa shape index (κ3) is 5.07. The lowest BCUT2D eigenvalue weighted by Gasteiger charge is -2.26. The number of nitrogens with zero attached hydrogens (tertiary/aromatic N) is 1. The van der Waals surface area contributed by atoms with E-state index < -0.39 is 6.04 Å². The standard InChI is InChI=1S/C31H30BrNO5/c1-19(2)14-16-37-25-11-9-21(17-26(25)36-3)28-27-29(34)23-18-22(32)10-12-24(23)38-30(27)31(35)33(28)15-13-20-7-5-4-6-8-20/h4-12,17-19,28H,13-16H2,1-3H3. The van der Waals surface area contributed by atoms with Crippen LogP contribution in [0.25, 0.3) is 11.0 Å². The number of benzene rings is 3. The number of halogens is 1. The van der Waals surface area contributed by atoms with Gasteiger partial charge < -0.3 is 18.8 Å². The second-order valence-electron chi connectivity index (χ2n) is 9.89. The number of hydrogen-bond donors (Lipinski definition) is 0. The molecule has 0 radical (unpaired) electrons. The highest BCUT2D eigenvalue weighted by Gasteiger charge is 2.42. The minimum absolute atomic E-state index is 0.0964. The molecular weight excluding hydrogens is 546 g/mol. The molecule has 1 aliphatic rings. The van der Waals surface area contributed by atoms with E-state index in [2.05, 4.69) is 29.8 Å². The van der Waals surface area contributed by atoms with Gasteiger partial charge in [-0.1, -0.05) is 66.2 Å². The number of amides is 1. The SMILES string of the molecule is COc1cc(C2c3c(oc4ccc(Br)cc4c3=O)C(=O)N2CCc2ccccc2)ccc1OCCC(C)C. The molecule has 4 aromatic rings. The summed E-state index contributed by atoms with van der Waals surface area (Å²) in [4.78, 5) is 29.3. The molecule has 0 saturated heterocycles. The first-order valence-corrected chi connectivity index (χ1v) is 13.6. The van der Waals surface area contributed by atoms with Gasteiger partial charge in [-0.2, -0.15) is 0 Å². The van der Waals surface area contributed by atoms with Gasteiger partial charge in [-0.15, -0.1) is 0 Å². The zero-order chi connectivity index (χ0) is 26.8. The predicted octanol–water partition coefficient (Wildman–Crippen LogP) is 6.78. The highest BCUT2D eigenvalue weighted by atomic mass is 79.9. The molecule has 5 rings (SSSR count). The van der Waals surface area contributed by atoms with Crippen LogP contribution in [0.15, 0.2) is 80.4 Å². The van der Waals surface area contributed by atoms with Crippen LogP contribution in [-0.2, 0) is 6.42 Å². The molecule has 0 spiro atoms. The van der Waals surface area contributed by atoms with E-state index >= 15 is 0 Å². The van der Waals surface area contributed by atoms with E-state index in [9.17, 15) is 9.59 Å². The molecule has 0 saturated carbocycles. The van der Waals surface area contributed by atoms with Crippen LogP contribution in [0.3, 0.4) is 0 Å². The number of carbonyl (C=O) groups excluding carboxylic acids is 1. The molecule has 1 amide bonds. The van der Waals surface area contributed by atoms with Gasteiger partial charge in [-0.25, -0.2) is 0 Å². The van der Waals surface area contributed by atoms with Crippen molar-refractivity contribution in [1.29, 1.82) is 0 Å². The van der Waals surface area contributed by atoms with E-state index in [1.165, 1.54) is 0 Å². The second kappa shape index (κ2) is 11.0. The van der Waals surface area contributed by atoms with Gasteiger partial charge >= 0.3 is 0 Å². The summed E-state index contributed by atoms with van der Waals surface area (Å²) >= 11 is 3.45. The van der Waals surface area contributed by atoms with E-state index in [4.69, 9.17) is 13.9 Å². The van der Waals surface area contributed by atoms with Crippen LogP contribution in [-0.4, -0.2) is 31.1 Å². The highest BCUT2D eigenvalue weighted by Crippen LogP contribution is 2.41. The molecule has 1 atom stereocenters.